The zero-order chi connectivity index (χ0) is 17.5. The van der Waals surface area contributed by atoms with Gasteiger partial charge in [0, 0.05) is 30.0 Å². The molecular formula is C19H21N3O3. The second-order valence-electron chi connectivity index (χ2n) is 5.83. The Balaban J connectivity index is 1.51. The van der Waals surface area contributed by atoms with Crippen LogP contribution in [-0.2, 0) is 9.53 Å². The van der Waals surface area contributed by atoms with Gasteiger partial charge in [0.05, 0.1) is 19.8 Å². The van der Waals surface area contributed by atoms with Crippen LogP contribution in [-0.4, -0.2) is 49.6 Å². The average Bonchev–Trinajstić information content (AvgIpc) is 2.65. The van der Waals surface area contributed by atoms with E-state index >= 15 is 0 Å². The zero-order valence-corrected chi connectivity index (χ0v) is 13.9. The van der Waals surface area contributed by atoms with Crippen molar-refractivity contribution in [1.82, 2.24) is 4.90 Å². The van der Waals surface area contributed by atoms with E-state index in [1.54, 1.807) is 36.4 Å². The van der Waals surface area contributed by atoms with Crippen LogP contribution in [0.15, 0.2) is 54.6 Å². The minimum Gasteiger partial charge on any atom is -0.379 e. The van der Waals surface area contributed by atoms with Gasteiger partial charge in [-0.05, 0) is 36.4 Å². The number of amides is 2. The highest BCUT2D eigenvalue weighted by Crippen LogP contribution is 2.15. The Morgan fingerprint density at radius 3 is 2.12 bits per heavy atom. The number of hydrogen-bond donors (Lipinski definition) is 2. The fourth-order valence-corrected chi connectivity index (χ4v) is 2.59. The second kappa shape index (κ2) is 8.41. The summed E-state index contributed by atoms with van der Waals surface area (Å²) >= 11 is 0. The molecule has 0 atom stereocenters. The summed E-state index contributed by atoms with van der Waals surface area (Å²) in [5.74, 6) is -0.215. The largest absolute Gasteiger partial charge is 0.379 e. The van der Waals surface area contributed by atoms with E-state index in [-0.39, 0.29) is 11.8 Å². The molecule has 130 valence electrons. The molecule has 6 heteroatoms. The van der Waals surface area contributed by atoms with Crippen molar-refractivity contribution in [1.29, 1.82) is 0 Å². The second-order valence-corrected chi connectivity index (χ2v) is 5.83. The van der Waals surface area contributed by atoms with Crippen LogP contribution in [0, 0.1) is 0 Å². The van der Waals surface area contributed by atoms with Gasteiger partial charge in [-0.15, -0.1) is 0 Å². The van der Waals surface area contributed by atoms with Crippen LogP contribution < -0.4 is 10.6 Å². The minimum atomic E-state index is -0.162. The highest BCUT2D eigenvalue weighted by molar-refractivity contribution is 6.04. The third-order valence-corrected chi connectivity index (χ3v) is 3.93. The number of nitrogens with one attached hydrogen (secondary N) is 2. The lowest BCUT2D eigenvalue weighted by Gasteiger charge is -2.25. The van der Waals surface area contributed by atoms with Crippen LogP contribution in [0.25, 0.3) is 0 Å². The fraction of sp³-hybridized carbons (Fsp3) is 0.263. The number of carbonyl (C=O) groups is 2. The third kappa shape index (κ3) is 5.14. The highest BCUT2D eigenvalue weighted by Gasteiger charge is 2.14. The Kier molecular flexibility index (Phi) is 5.77. The summed E-state index contributed by atoms with van der Waals surface area (Å²) in [6.45, 7) is 3.25. The molecule has 1 heterocycles. The fourth-order valence-electron chi connectivity index (χ4n) is 2.59. The van der Waals surface area contributed by atoms with E-state index in [1.807, 2.05) is 18.2 Å². The first-order valence-corrected chi connectivity index (χ1v) is 8.27. The Morgan fingerprint density at radius 2 is 1.48 bits per heavy atom. The van der Waals surface area contributed by atoms with Gasteiger partial charge in [0.2, 0.25) is 5.91 Å². The number of hydrogen-bond acceptors (Lipinski definition) is 4. The van der Waals surface area contributed by atoms with Gasteiger partial charge in [-0.1, -0.05) is 18.2 Å². The molecule has 0 saturated carbocycles. The van der Waals surface area contributed by atoms with Gasteiger partial charge in [0.15, 0.2) is 0 Å². The first-order chi connectivity index (χ1) is 12.2. The standard InChI is InChI=1S/C19H21N3O3/c23-18(14-22-10-12-25-13-11-22)20-16-6-8-17(9-7-16)21-19(24)15-4-2-1-3-5-15/h1-9H,10-14H2,(H,20,23)(H,21,24). The normalized spacial score (nSPS) is 14.7. The maximum absolute atomic E-state index is 12.1. The maximum Gasteiger partial charge on any atom is 0.255 e. The summed E-state index contributed by atoms with van der Waals surface area (Å²) in [6, 6.07) is 16.1. The number of ether oxygens (including phenoxy) is 1. The van der Waals surface area contributed by atoms with Crippen molar-refractivity contribution in [3.05, 3.63) is 60.2 Å². The number of benzene rings is 2. The molecular weight excluding hydrogens is 318 g/mol. The third-order valence-electron chi connectivity index (χ3n) is 3.93. The molecule has 0 aromatic heterocycles. The van der Waals surface area contributed by atoms with Crippen LogP contribution in [0.4, 0.5) is 11.4 Å². The van der Waals surface area contributed by atoms with Crippen molar-refractivity contribution in [3.63, 3.8) is 0 Å². The van der Waals surface area contributed by atoms with E-state index in [1.165, 1.54) is 0 Å². The zero-order valence-electron chi connectivity index (χ0n) is 13.9. The SMILES string of the molecule is O=C(CN1CCOCC1)Nc1ccc(NC(=O)c2ccccc2)cc1. The first kappa shape index (κ1) is 17.1. The highest BCUT2D eigenvalue weighted by atomic mass is 16.5. The number of rotatable bonds is 5. The Hall–Kier alpha value is -2.70. The van der Waals surface area contributed by atoms with E-state index in [4.69, 9.17) is 4.74 Å². The molecule has 2 N–H and O–H groups in total. The monoisotopic (exact) mass is 339 g/mol. The lowest BCUT2D eigenvalue weighted by molar-refractivity contribution is -0.118. The Bertz CT molecular complexity index is 710. The molecule has 0 spiro atoms. The van der Waals surface area contributed by atoms with E-state index in [0.29, 0.717) is 36.7 Å². The molecule has 25 heavy (non-hydrogen) atoms. The van der Waals surface area contributed by atoms with Crippen molar-refractivity contribution >= 4 is 23.2 Å². The van der Waals surface area contributed by atoms with Crippen LogP contribution in [0.2, 0.25) is 0 Å². The van der Waals surface area contributed by atoms with Crippen LogP contribution in [0.1, 0.15) is 10.4 Å². The molecule has 3 rings (SSSR count). The van der Waals surface area contributed by atoms with Gasteiger partial charge in [-0.2, -0.15) is 0 Å². The lowest BCUT2D eigenvalue weighted by Crippen LogP contribution is -2.41. The Morgan fingerprint density at radius 1 is 0.880 bits per heavy atom. The van der Waals surface area contributed by atoms with E-state index < -0.39 is 0 Å². The van der Waals surface area contributed by atoms with E-state index in [2.05, 4.69) is 15.5 Å². The van der Waals surface area contributed by atoms with Gasteiger partial charge in [0.25, 0.3) is 5.91 Å². The van der Waals surface area contributed by atoms with Gasteiger partial charge in [-0.3, -0.25) is 14.5 Å². The number of carbonyl (C=O) groups excluding carboxylic acids is 2. The molecule has 0 bridgehead atoms. The maximum atomic E-state index is 12.1. The number of nitrogens with zero attached hydrogens (tertiary/aromatic N) is 1. The quantitative estimate of drug-likeness (QED) is 0.876. The molecule has 1 saturated heterocycles. The van der Waals surface area contributed by atoms with Gasteiger partial charge in [0.1, 0.15) is 0 Å². The molecule has 1 aliphatic rings. The van der Waals surface area contributed by atoms with Gasteiger partial charge in [-0.25, -0.2) is 0 Å². The molecule has 0 radical (unpaired) electrons. The first-order valence-electron chi connectivity index (χ1n) is 8.27. The number of morpholine rings is 1. The molecule has 1 aliphatic heterocycles. The smallest absolute Gasteiger partial charge is 0.255 e. The molecule has 0 unspecified atom stereocenters. The van der Waals surface area contributed by atoms with Crippen molar-refractivity contribution < 1.29 is 14.3 Å². The summed E-state index contributed by atoms with van der Waals surface area (Å²) in [5, 5.41) is 5.70. The van der Waals surface area contributed by atoms with Gasteiger partial charge >= 0.3 is 0 Å². The van der Waals surface area contributed by atoms with Crippen LogP contribution >= 0.6 is 0 Å². The van der Waals surface area contributed by atoms with Crippen molar-refractivity contribution in [2.45, 2.75) is 0 Å². The van der Waals surface area contributed by atoms with Crippen molar-refractivity contribution in [3.8, 4) is 0 Å². The van der Waals surface area contributed by atoms with Gasteiger partial charge < -0.3 is 15.4 Å². The summed E-state index contributed by atoms with van der Waals surface area (Å²) in [5.41, 5.74) is 1.99. The average molecular weight is 339 g/mol. The predicted octanol–water partition coefficient (Wildman–Crippen LogP) is 2.21. The van der Waals surface area contributed by atoms with E-state index in [9.17, 15) is 9.59 Å². The molecule has 2 amide bonds. The topological polar surface area (TPSA) is 70.7 Å². The molecule has 1 fully saturated rings. The van der Waals surface area contributed by atoms with Crippen LogP contribution in [0.3, 0.4) is 0 Å². The van der Waals surface area contributed by atoms with E-state index in [0.717, 1.165) is 13.1 Å². The van der Waals surface area contributed by atoms with Crippen molar-refractivity contribution in [2.24, 2.45) is 0 Å². The van der Waals surface area contributed by atoms with Crippen LogP contribution in [0.5, 0.6) is 0 Å². The minimum absolute atomic E-state index is 0.0528. The molecule has 2 aromatic rings. The Labute approximate surface area is 146 Å². The summed E-state index contributed by atoms with van der Waals surface area (Å²) in [6.07, 6.45) is 0. The predicted molar refractivity (Wildman–Crippen MR) is 96.7 cm³/mol. The molecule has 6 nitrogen and oxygen atoms in total. The molecule has 2 aromatic carbocycles. The number of anilines is 2. The summed E-state index contributed by atoms with van der Waals surface area (Å²) in [7, 11) is 0. The summed E-state index contributed by atoms with van der Waals surface area (Å²) in [4.78, 5) is 26.2. The van der Waals surface area contributed by atoms with Crippen molar-refractivity contribution in [2.75, 3.05) is 43.5 Å². The molecule has 0 aliphatic carbocycles. The summed E-state index contributed by atoms with van der Waals surface area (Å²) < 4.78 is 5.27. The lowest BCUT2D eigenvalue weighted by atomic mass is 10.2.